The fourth-order valence-corrected chi connectivity index (χ4v) is 3.06. The van der Waals surface area contributed by atoms with Crippen LogP contribution >= 0.6 is 0 Å². The highest BCUT2D eigenvalue weighted by atomic mass is 19.1. The molecule has 1 aliphatic rings. The lowest BCUT2D eigenvalue weighted by Crippen LogP contribution is -2.32. The highest BCUT2D eigenvalue weighted by molar-refractivity contribution is 6.36. The number of carbonyl (C=O) groups excluding carboxylic acids is 2. The van der Waals surface area contributed by atoms with Gasteiger partial charge >= 0.3 is 0 Å². The molecule has 1 N–H and O–H groups in total. The van der Waals surface area contributed by atoms with E-state index in [1.165, 1.54) is 29.2 Å². The van der Waals surface area contributed by atoms with Crippen molar-refractivity contribution in [2.45, 2.75) is 6.54 Å². The van der Waals surface area contributed by atoms with Crippen LogP contribution < -0.4 is 5.32 Å². The molecule has 5 nitrogen and oxygen atoms in total. The zero-order valence-electron chi connectivity index (χ0n) is 14.8. The van der Waals surface area contributed by atoms with Crippen LogP contribution in [-0.2, 0) is 16.1 Å². The summed E-state index contributed by atoms with van der Waals surface area (Å²) in [5.74, 6) is -1.28. The predicted molar refractivity (Wildman–Crippen MR) is 103 cm³/mol. The number of para-hydroxylation sites is 1. The number of rotatable bonds is 5. The van der Waals surface area contributed by atoms with Gasteiger partial charge in [-0.2, -0.15) is 0 Å². The largest absolute Gasteiger partial charge is 0.350 e. The maximum absolute atomic E-state index is 13.4. The Morgan fingerprint density at radius 1 is 0.893 bits per heavy atom. The minimum atomic E-state index is -0.433. The molecule has 0 aliphatic carbocycles. The molecule has 0 fully saturated rings. The Bertz CT molecular complexity index is 1050. The van der Waals surface area contributed by atoms with Crippen LogP contribution in [0.4, 0.5) is 10.1 Å². The third-order valence-electron chi connectivity index (χ3n) is 4.41. The van der Waals surface area contributed by atoms with E-state index in [0.29, 0.717) is 11.3 Å². The van der Waals surface area contributed by atoms with E-state index in [1.54, 1.807) is 36.7 Å². The van der Waals surface area contributed by atoms with E-state index in [-0.39, 0.29) is 17.8 Å². The molecule has 6 heteroatoms. The van der Waals surface area contributed by atoms with Gasteiger partial charge in [-0.3, -0.25) is 19.5 Å². The summed E-state index contributed by atoms with van der Waals surface area (Å²) in [5.41, 5.74) is 2.29. The van der Waals surface area contributed by atoms with Crippen LogP contribution in [-0.4, -0.2) is 21.7 Å². The predicted octanol–water partition coefficient (Wildman–Crippen LogP) is 3.61. The van der Waals surface area contributed by atoms with E-state index < -0.39 is 17.6 Å². The monoisotopic (exact) mass is 373 g/mol. The zero-order chi connectivity index (χ0) is 19.5. The van der Waals surface area contributed by atoms with Crippen molar-refractivity contribution >= 4 is 23.1 Å². The summed E-state index contributed by atoms with van der Waals surface area (Å²) in [5, 5.41) is 3.06. The Labute approximate surface area is 161 Å². The first-order chi connectivity index (χ1) is 13.6. The van der Waals surface area contributed by atoms with Gasteiger partial charge in [0.1, 0.15) is 11.5 Å². The van der Waals surface area contributed by atoms with Gasteiger partial charge in [0.05, 0.1) is 12.1 Å². The van der Waals surface area contributed by atoms with Gasteiger partial charge in [0.15, 0.2) is 0 Å². The Morgan fingerprint density at radius 3 is 2.32 bits per heavy atom. The molecule has 0 atom stereocenters. The molecule has 1 aromatic heterocycles. The van der Waals surface area contributed by atoms with Gasteiger partial charge in [-0.15, -0.1) is 0 Å². The van der Waals surface area contributed by atoms with Crippen molar-refractivity contribution < 1.29 is 14.0 Å². The Kier molecular flexibility index (Phi) is 4.68. The topological polar surface area (TPSA) is 62.3 Å². The minimum Gasteiger partial charge on any atom is -0.350 e. The number of halogens is 1. The molecule has 28 heavy (non-hydrogen) atoms. The molecule has 0 unspecified atom stereocenters. The second-order valence-electron chi connectivity index (χ2n) is 6.31. The Balaban J connectivity index is 1.74. The van der Waals surface area contributed by atoms with Gasteiger partial charge in [0.2, 0.25) is 0 Å². The highest BCUT2D eigenvalue weighted by Gasteiger charge is 2.39. The van der Waals surface area contributed by atoms with E-state index >= 15 is 0 Å². The summed E-state index contributed by atoms with van der Waals surface area (Å²) in [6.45, 7) is 0.107. The van der Waals surface area contributed by atoms with Crippen LogP contribution in [0, 0.1) is 5.82 Å². The summed E-state index contributed by atoms with van der Waals surface area (Å²) in [6, 6.07) is 18.2. The van der Waals surface area contributed by atoms with Crippen LogP contribution in [0.3, 0.4) is 0 Å². The molecule has 0 radical (unpaired) electrons. The first kappa shape index (κ1) is 17.6. The smallest absolute Gasteiger partial charge is 0.278 e. The molecule has 1 aliphatic heterocycles. The number of amides is 2. The number of anilines is 1. The maximum Gasteiger partial charge on any atom is 0.278 e. The van der Waals surface area contributed by atoms with Crippen molar-refractivity contribution in [3.05, 3.63) is 102 Å². The second kappa shape index (κ2) is 7.44. The van der Waals surface area contributed by atoms with Gasteiger partial charge in [-0.25, -0.2) is 4.39 Å². The Hall–Kier alpha value is -3.80. The van der Waals surface area contributed by atoms with Gasteiger partial charge in [-0.1, -0.05) is 36.4 Å². The quantitative estimate of drug-likeness (QED) is 0.694. The normalized spacial score (nSPS) is 14.0. The van der Waals surface area contributed by atoms with E-state index in [0.717, 1.165) is 5.56 Å². The number of benzene rings is 2. The lowest BCUT2D eigenvalue weighted by molar-refractivity contribution is -0.137. The average molecular weight is 373 g/mol. The molecule has 2 heterocycles. The Morgan fingerprint density at radius 2 is 1.64 bits per heavy atom. The molecule has 0 saturated heterocycles. The van der Waals surface area contributed by atoms with E-state index in [4.69, 9.17) is 0 Å². The van der Waals surface area contributed by atoms with E-state index in [2.05, 4.69) is 10.3 Å². The molecule has 2 amide bonds. The molecule has 2 aromatic carbocycles. The van der Waals surface area contributed by atoms with Crippen LogP contribution in [0.25, 0.3) is 5.57 Å². The van der Waals surface area contributed by atoms with Crippen molar-refractivity contribution in [3.8, 4) is 0 Å². The van der Waals surface area contributed by atoms with Crippen LogP contribution in [0.15, 0.2) is 84.8 Å². The lowest BCUT2D eigenvalue weighted by atomic mass is 10.0. The fourth-order valence-electron chi connectivity index (χ4n) is 3.06. The molecule has 3 aromatic rings. The molecule has 138 valence electrons. The van der Waals surface area contributed by atoms with Gasteiger partial charge in [0, 0.05) is 18.1 Å². The van der Waals surface area contributed by atoms with E-state index in [1.807, 2.05) is 18.2 Å². The molecular weight excluding hydrogens is 357 g/mol. The summed E-state index contributed by atoms with van der Waals surface area (Å²) in [4.78, 5) is 31.4. The summed E-state index contributed by atoms with van der Waals surface area (Å²) in [6.07, 6.45) is 3.24. The van der Waals surface area contributed by atoms with Crippen molar-refractivity contribution in [1.82, 2.24) is 9.88 Å². The third-order valence-corrected chi connectivity index (χ3v) is 4.41. The fraction of sp³-hybridized carbons (Fsp3) is 0.0455. The van der Waals surface area contributed by atoms with Crippen molar-refractivity contribution in [1.29, 1.82) is 0 Å². The second-order valence-corrected chi connectivity index (χ2v) is 6.31. The SMILES string of the molecule is O=C1C(Nc2ccccc2)=C(c2ccc(F)cc2)C(=O)N1Cc1cccnc1. The number of pyridine rings is 1. The summed E-state index contributed by atoms with van der Waals surface area (Å²) >= 11 is 0. The van der Waals surface area contributed by atoms with Crippen LogP contribution in [0.2, 0.25) is 0 Å². The molecular formula is C22H16FN3O2. The molecule has 4 rings (SSSR count). The number of aromatic nitrogens is 1. The van der Waals surface area contributed by atoms with Crippen molar-refractivity contribution in [3.63, 3.8) is 0 Å². The number of carbonyl (C=O) groups is 2. The standard InChI is InChI=1S/C22H16FN3O2/c23-17-10-8-16(9-11-17)19-20(25-18-6-2-1-3-7-18)22(28)26(21(19)27)14-15-5-4-12-24-13-15/h1-13,25H,14H2. The van der Waals surface area contributed by atoms with Crippen molar-refractivity contribution in [2.24, 2.45) is 0 Å². The third kappa shape index (κ3) is 3.40. The minimum absolute atomic E-state index is 0.107. The zero-order valence-corrected chi connectivity index (χ0v) is 14.8. The van der Waals surface area contributed by atoms with Gasteiger partial charge in [0.25, 0.3) is 11.8 Å². The first-order valence-electron chi connectivity index (χ1n) is 8.71. The molecule has 0 bridgehead atoms. The summed E-state index contributed by atoms with van der Waals surface area (Å²) < 4.78 is 13.4. The lowest BCUT2D eigenvalue weighted by Gasteiger charge is -2.15. The number of hydrogen-bond donors (Lipinski definition) is 1. The van der Waals surface area contributed by atoms with E-state index in [9.17, 15) is 14.0 Å². The van der Waals surface area contributed by atoms with Gasteiger partial charge < -0.3 is 5.32 Å². The van der Waals surface area contributed by atoms with Gasteiger partial charge in [-0.05, 0) is 41.5 Å². The number of nitrogens with one attached hydrogen (secondary N) is 1. The summed E-state index contributed by atoms with van der Waals surface area (Å²) in [7, 11) is 0. The first-order valence-corrected chi connectivity index (χ1v) is 8.71. The molecule has 0 spiro atoms. The van der Waals surface area contributed by atoms with Crippen molar-refractivity contribution in [2.75, 3.05) is 5.32 Å². The molecule has 0 saturated carbocycles. The van der Waals surface area contributed by atoms with Crippen LogP contribution in [0.5, 0.6) is 0 Å². The number of hydrogen-bond acceptors (Lipinski definition) is 4. The van der Waals surface area contributed by atoms with Crippen LogP contribution in [0.1, 0.15) is 11.1 Å². The number of nitrogens with zero attached hydrogens (tertiary/aromatic N) is 2. The number of imide groups is 1. The maximum atomic E-state index is 13.4. The highest BCUT2D eigenvalue weighted by Crippen LogP contribution is 2.31. The average Bonchev–Trinajstić information content (AvgIpc) is 2.95.